The highest BCUT2D eigenvalue weighted by Crippen LogP contribution is 2.32. The van der Waals surface area contributed by atoms with Gasteiger partial charge in [0, 0.05) is 12.6 Å². The Labute approximate surface area is 118 Å². The molecule has 1 saturated carbocycles. The Morgan fingerprint density at radius 1 is 1.37 bits per heavy atom. The highest BCUT2D eigenvalue weighted by Gasteiger charge is 2.25. The predicted octanol–water partition coefficient (Wildman–Crippen LogP) is 3.56. The van der Waals surface area contributed by atoms with Gasteiger partial charge >= 0.3 is 5.97 Å². The van der Waals surface area contributed by atoms with Gasteiger partial charge in [0.05, 0.1) is 5.69 Å². The number of aryl methyl sites for hydroxylation is 1. The van der Waals surface area contributed by atoms with Gasteiger partial charge < -0.3 is 10.0 Å². The van der Waals surface area contributed by atoms with E-state index in [1.54, 1.807) is 0 Å². The summed E-state index contributed by atoms with van der Waals surface area (Å²) in [6.45, 7) is 4.99. The standard InChI is InChI=1S/C14H22N2O2S/c1-3-11-12(13(17)18)19-14(15-11)16(4-2)10-8-6-5-7-9-10/h10H,3-9H2,1-2H3,(H,17,18). The summed E-state index contributed by atoms with van der Waals surface area (Å²) >= 11 is 1.33. The largest absolute Gasteiger partial charge is 0.477 e. The molecule has 1 aromatic rings. The third-order valence-corrected chi connectivity index (χ3v) is 4.94. The van der Waals surface area contributed by atoms with Gasteiger partial charge in [-0.1, -0.05) is 37.5 Å². The fourth-order valence-electron chi connectivity index (χ4n) is 2.81. The van der Waals surface area contributed by atoms with E-state index in [0.29, 0.717) is 17.3 Å². The van der Waals surface area contributed by atoms with E-state index in [1.807, 2.05) is 6.92 Å². The molecule has 4 nitrogen and oxygen atoms in total. The van der Waals surface area contributed by atoms with E-state index in [2.05, 4.69) is 16.8 Å². The van der Waals surface area contributed by atoms with Crippen LogP contribution in [0, 0.1) is 0 Å². The number of thiazole rings is 1. The Hall–Kier alpha value is -1.10. The second kappa shape index (κ2) is 6.37. The third-order valence-electron chi connectivity index (χ3n) is 3.82. The summed E-state index contributed by atoms with van der Waals surface area (Å²) in [5, 5.41) is 10.1. The Morgan fingerprint density at radius 2 is 2.05 bits per heavy atom. The lowest BCUT2D eigenvalue weighted by Gasteiger charge is -2.33. The van der Waals surface area contributed by atoms with Crippen molar-refractivity contribution in [2.24, 2.45) is 0 Å². The average Bonchev–Trinajstić information content (AvgIpc) is 2.85. The lowest BCUT2D eigenvalue weighted by molar-refractivity contribution is 0.0701. The quantitative estimate of drug-likeness (QED) is 0.897. The van der Waals surface area contributed by atoms with Crippen LogP contribution in [-0.2, 0) is 6.42 Å². The van der Waals surface area contributed by atoms with E-state index in [9.17, 15) is 9.90 Å². The summed E-state index contributed by atoms with van der Waals surface area (Å²) in [5.74, 6) is -0.847. The van der Waals surface area contributed by atoms with Crippen LogP contribution in [-0.4, -0.2) is 28.6 Å². The van der Waals surface area contributed by atoms with E-state index in [-0.39, 0.29) is 0 Å². The van der Waals surface area contributed by atoms with Crippen molar-refractivity contribution in [2.45, 2.75) is 58.4 Å². The van der Waals surface area contributed by atoms with Crippen molar-refractivity contribution < 1.29 is 9.90 Å². The van der Waals surface area contributed by atoms with Gasteiger partial charge in [0.1, 0.15) is 4.88 Å². The maximum absolute atomic E-state index is 11.2. The number of hydrogen-bond donors (Lipinski definition) is 1. The Balaban J connectivity index is 2.24. The zero-order valence-electron chi connectivity index (χ0n) is 11.7. The molecular formula is C14H22N2O2S. The van der Waals surface area contributed by atoms with Crippen LogP contribution in [0.4, 0.5) is 5.13 Å². The van der Waals surface area contributed by atoms with Crippen LogP contribution < -0.4 is 4.90 Å². The molecule has 0 atom stereocenters. The lowest BCUT2D eigenvalue weighted by Crippen LogP contribution is -2.36. The molecule has 106 valence electrons. The molecule has 0 bridgehead atoms. The van der Waals surface area contributed by atoms with E-state index >= 15 is 0 Å². The number of aromatic carboxylic acids is 1. The molecule has 1 aliphatic carbocycles. The fourth-order valence-corrected chi connectivity index (χ4v) is 3.94. The van der Waals surface area contributed by atoms with Crippen LogP contribution in [0.2, 0.25) is 0 Å². The van der Waals surface area contributed by atoms with Gasteiger partial charge in [-0.15, -0.1) is 0 Å². The third kappa shape index (κ3) is 3.08. The summed E-state index contributed by atoms with van der Waals surface area (Å²) in [5.41, 5.74) is 0.724. The number of rotatable bonds is 5. The smallest absolute Gasteiger partial charge is 0.347 e. The zero-order valence-corrected chi connectivity index (χ0v) is 12.5. The van der Waals surface area contributed by atoms with Crippen molar-refractivity contribution in [1.82, 2.24) is 4.98 Å². The van der Waals surface area contributed by atoms with Gasteiger partial charge in [-0.2, -0.15) is 0 Å². The van der Waals surface area contributed by atoms with Crippen molar-refractivity contribution in [3.8, 4) is 0 Å². The van der Waals surface area contributed by atoms with Gasteiger partial charge in [0.25, 0.3) is 0 Å². The highest BCUT2D eigenvalue weighted by atomic mass is 32.1. The molecule has 1 aliphatic rings. The van der Waals surface area contributed by atoms with Crippen molar-refractivity contribution in [1.29, 1.82) is 0 Å². The van der Waals surface area contributed by atoms with Crippen LogP contribution in [0.25, 0.3) is 0 Å². The van der Waals surface area contributed by atoms with Crippen LogP contribution in [0.3, 0.4) is 0 Å². The van der Waals surface area contributed by atoms with Crippen LogP contribution in [0.5, 0.6) is 0 Å². The van der Waals surface area contributed by atoms with Gasteiger partial charge in [0.15, 0.2) is 5.13 Å². The molecule has 1 N–H and O–H groups in total. The molecule has 1 heterocycles. The minimum absolute atomic E-state index is 0.409. The van der Waals surface area contributed by atoms with Crippen molar-refractivity contribution in [3.05, 3.63) is 10.6 Å². The summed E-state index contributed by atoms with van der Waals surface area (Å²) < 4.78 is 0. The SMILES string of the molecule is CCc1nc(N(CC)C2CCCCC2)sc1C(=O)O. The minimum Gasteiger partial charge on any atom is -0.477 e. The average molecular weight is 282 g/mol. The molecular weight excluding hydrogens is 260 g/mol. The molecule has 5 heteroatoms. The first-order valence-electron chi connectivity index (χ1n) is 7.17. The first kappa shape index (κ1) is 14.3. The van der Waals surface area contributed by atoms with Crippen molar-refractivity contribution >= 4 is 22.4 Å². The Bertz CT molecular complexity index is 439. The molecule has 2 rings (SSSR count). The number of hydrogen-bond acceptors (Lipinski definition) is 4. The second-order valence-electron chi connectivity index (χ2n) is 5.01. The number of carboxylic acids is 1. The number of aromatic nitrogens is 1. The second-order valence-corrected chi connectivity index (χ2v) is 5.99. The van der Waals surface area contributed by atoms with Gasteiger partial charge in [-0.3, -0.25) is 0 Å². The summed E-state index contributed by atoms with van der Waals surface area (Å²) in [6.07, 6.45) is 6.97. The van der Waals surface area contributed by atoms with Crippen LogP contribution >= 0.6 is 11.3 Å². The van der Waals surface area contributed by atoms with Crippen molar-refractivity contribution in [3.63, 3.8) is 0 Å². The van der Waals surface area contributed by atoms with E-state index < -0.39 is 5.97 Å². The molecule has 0 amide bonds. The molecule has 0 aromatic carbocycles. The number of carbonyl (C=O) groups is 1. The molecule has 0 saturated heterocycles. The van der Waals surface area contributed by atoms with Gasteiger partial charge in [-0.05, 0) is 26.2 Å². The fraction of sp³-hybridized carbons (Fsp3) is 0.714. The molecule has 1 aromatic heterocycles. The maximum atomic E-state index is 11.2. The van der Waals surface area contributed by atoms with Gasteiger partial charge in [0.2, 0.25) is 0 Å². The first-order chi connectivity index (χ1) is 9.17. The summed E-state index contributed by atoms with van der Waals surface area (Å²) in [7, 11) is 0. The first-order valence-corrected chi connectivity index (χ1v) is 7.98. The predicted molar refractivity (Wildman–Crippen MR) is 78.3 cm³/mol. The molecule has 0 unspecified atom stereocenters. The highest BCUT2D eigenvalue weighted by molar-refractivity contribution is 7.17. The monoisotopic (exact) mass is 282 g/mol. The maximum Gasteiger partial charge on any atom is 0.347 e. The molecule has 0 spiro atoms. The summed E-state index contributed by atoms with van der Waals surface area (Å²) in [4.78, 5) is 18.5. The zero-order chi connectivity index (χ0) is 13.8. The Kier molecular flexibility index (Phi) is 4.80. The molecule has 19 heavy (non-hydrogen) atoms. The topological polar surface area (TPSA) is 53.4 Å². The number of anilines is 1. The Morgan fingerprint density at radius 3 is 2.53 bits per heavy atom. The number of carboxylic acid groups (broad SMARTS) is 1. The van der Waals surface area contributed by atoms with Gasteiger partial charge in [-0.25, -0.2) is 9.78 Å². The van der Waals surface area contributed by atoms with Crippen molar-refractivity contribution in [2.75, 3.05) is 11.4 Å². The normalized spacial score (nSPS) is 16.5. The van der Waals surface area contributed by atoms with E-state index in [0.717, 1.165) is 17.4 Å². The molecule has 0 radical (unpaired) electrons. The molecule has 1 fully saturated rings. The summed E-state index contributed by atoms with van der Waals surface area (Å²) in [6, 6.07) is 0.538. The lowest BCUT2D eigenvalue weighted by atomic mass is 9.94. The number of nitrogens with zero attached hydrogens (tertiary/aromatic N) is 2. The minimum atomic E-state index is -0.847. The molecule has 0 aliphatic heterocycles. The van der Waals surface area contributed by atoms with Crippen LogP contribution in [0.15, 0.2) is 0 Å². The van der Waals surface area contributed by atoms with E-state index in [4.69, 9.17) is 0 Å². The van der Waals surface area contributed by atoms with E-state index in [1.165, 1.54) is 43.4 Å². The van der Waals surface area contributed by atoms with Crippen LogP contribution in [0.1, 0.15) is 61.3 Å².